The molecule has 1 aromatic heterocycles. The number of aromatic nitrogens is 1. The van der Waals surface area contributed by atoms with Gasteiger partial charge in [0, 0.05) is 6.04 Å². The molecule has 140 valence electrons. The van der Waals surface area contributed by atoms with Gasteiger partial charge < -0.3 is 15.2 Å². The van der Waals surface area contributed by atoms with Crippen molar-refractivity contribution in [2.24, 2.45) is 0 Å². The van der Waals surface area contributed by atoms with Crippen LogP contribution in [0.1, 0.15) is 46.0 Å². The number of hydrogen-bond donors (Lipinski definition) is 2. The number of halogens is 6. The topological polar surface area (TPSA) is 88.5 Å². The van der Waals surface area contributed by atoms with Gasteiger partial charge in [0.25, 0.3) is 0 Å². The molecule has 2 N–H and O–H groups in total. The lowest BCUT2D eigenvalue weighted by Gasteiger charge is -2.23. The molecule has 0 spiro atoms. The molecule has 0 aliphatic rings. The van der Waals surface area contributed by atoms with Crippen molar-refractivity contribution in [2.45, 2.75) is 31.4 Å². The van der Waals surface area contributed by atoms with Gasteiger partial charge in [0.05, 0.1) is 12.8 Å². The number of methoxy groups -OCH3 is 1. The van der Waals surface area contributed by atoms with Crippen LogP contribution in [0.3, 0.4) is 0 Å². The molecule has 12 heteroatoms. The highest BCUT2D eigenvalue weighted by molar-refractivity contribution is 6.22. The van der Waals surface area contributed by atoms with Gasteiger partial charge in [-0.05, 0) is 25.4 Å². The van der Waals surface area contributed by atoms with Crippen molar-refractivity contribution < 1.29 is 41.4 Å². The minimum absolute atomic E-state index is 0.721. The Morgan fingerprint density at radius 1 is 1.16 bits per heavy atom. The molecule has 0 amide bonds. The highest BCUT2D eigenvalue weighted by Gasteiger charge is 2.46. The summed E-state index contributed by atoms with van der Waals surface area (Å²) in [5, 5.41) is 6.90. The zero-order valence-electron chi connectivity index (χ0n) is 13.0. The number of rotatable bonds is 5. The summed E-state index contributed by atoms with van der Waals surface area (Å²) in [6.07, 6.45) is -5.40. The van der Waals surface area contributed by atoms with Gasteiger partial charge in [-0.3, -0.25) is 0 Å². The van der Waals surface area contributed by atoms with Crippen molar-refractivity contribution in [1.29, 1.82) is 0 Å². The van der Waals surface area contributed by atoms with E-state index in [0.717, 1.165) is 7.11 Å². The van der Waals surface area contributed by atoms with Gasteiger partial charge in [0.2, 0.25) is 0 Å². The Balaban J connectivity index is 4.12. The minimum atomic E-state index is -5.40. The van der Waals surface area contributed by atoms with Gasteiger partial charge in [-0.2, -0.15) is 22.0 Å². The number of nitrogens with zero attached hydrogens (tertiary/aromatic N) is 1. The van der Waals surface area contributed by atoms with Crippen LogP contribution in [-0.4, -0.2) is 35.2 Å². The van der Waals surface area contributed by atoms with E-state index >= 15 is 0 Å². The first-order chi connectivity index (χ1) is 11.2. The van der Waals surface area contributed by atoms with E-state index < -0.39 is 57.7 Å². The number of pyridine rings is 1. The third-order valence-electron chi connectivity index (χ3n) is 2.77. The summed E-state index contributed by atoms with van der Waals surface area (Å²) in [5.74, 6) is -3.65. The molecule has 0 atom stereocenters. The van der Waals surface area contributed by atoms with Crippen molar-refractivity contribution in [3.63, 3.8) is 0 Å². The number of carboxylic acid groups (broad SMARTS) is 1. The third kappa shape index (κ3) is 4.47. The zero-order chi connectivity index (χ0) is 19.7. The smallest absolute Gasteiger partial charge is 0.434 e. The maximum absolute atomic E-state index is 13.6. The van der Waals surface area contributed by atoms with E-state index in [4.69, 9.17) is 16.7 Å². The Labute approximate surface area is 142 Å². The summed E-state index contributed by atoms with van der Waals surface area (Å²) in [6, 6.07) is -0.721. The van der Waals surface area contributed by atoms with Crippen molar-refractivity contribution >= 4 is 29.2 Å². The summed E-state index contributed by atoms with van der Waals surface area (Å²) in [7, 11) is 0.774. The number of anilines is 1. The Bertz CT molecular complexity index is 701. The molecular weight excluding hydrogens is 379 g/mol. The molecule has 1 heterocycles. The molecule has 0 fully saturated rings. The van der Waals surface area contributed by atoms with Gasteiger partial charge in [-0.1, -0.05) is 0 Å². The zero-order valence-corrected chi connectivity index (χ0v) is 13.7. The minimum Gasteiger partial charge on any atom is -0.478 e. The summed E-state index contributed by atoms with van der Waals surface area (Å²) < 4.78 is 70.9. The fourth-order valence-corrected chi connectivity index (χ4v) is 2.07. The van der Waals surface area contributed by atoms with Gasteiger partial charge in [-0.25, -0.2) is 14.6 Å². The van der Waals surface area contributed by atoms with Gasteiger partial charge in [-0.15, -0.1) is 0 Å². The number of carbonyl (C=O) groups is 2. The predicted molar refractivity (Wildman–Crippen MR) is 76.0 cm³/mol. The lowest BCUT2D eigenvalue weighted by Crippen LogP contribution is -2.28. The van der Waals surface area contributed by atoms with E-state index in [0.29, 0.717) is 0 Å². The van der Waals surface area contributed by atoms with Crippen LogP contribution in [0.4, 0.5) is 27.6 Å². The number of alkyl halides is 6. The van der Waals surface area contributed by atoms with Crippen LogP contribution in [0.5, 0.6) is 0 Å². The fourth-order valence-electron chi connectivity index (χ4n) is 1.94. The van der Waals surface area contributed by atoms with E-state index in [1.807, 2.05) is 0 Å². The van der Waals surface area contributed by atoms with Gasteiger partial charge in [0.1, 0.15) is 16.8 Å². The van der Waals surface area contributed by atoms with E-state index in [1.54, 1.807) is 0 Å². The van der Waals surface area contributed by atoms with Crippen LogP contribution in [0.2, 0.25) is 0 Å². The van der Waals surface area contributed by atoms with Crippen LogP contribution in [0.15, 0.2) is 0 Å². The second kappa shape index (κ2) is 6.98. The van der Waals surface area contributed by atoms with Crippen LogP contribution in [-0.2, 0) is 16.3 Å². The van der Waals surface area contributed by atoms with E-state index in [1.165, 1.54) is 13.8 Å². The molecule has 0 saturated heterocycles. The highest BCUT2D eigenvalue weighted by Crippen LogP contribution is 2.42. The third-order valence-corrected chi connectivity index (χ3v) is 2.95. The van der Waals surface area contributed by atoms with Crippen LogP contribution in [0.25, 0.3) is 0 Å². The molecule has 0 unspecified atom stereocenters. The predicted octanol–water partition coefficient (Wildman–Crippen LogP) is 3.69. The lowest BCUT2D eigenvalue weighted by atomic mass is 10.0. The Morgan fingerprint density at radius 3 is 2.00 bits per heavy atom. The second-order valence-electron chi connectivity index (χ2n) is 5.03. The van der Waals surface area contributed by atoms with Gasteiger partial charge >= 0.3 is 23.5 Å². The Kier molecular flexibility index (Phi) is 5.83. The summed E-state index contributed by atoms with van der Waals surface area (Å²) in [5.41, 5.74) is -7.58. The number of esters is 1. The molecule has 0 radical (unpaired) electrons. The summed E-state index contributed by atoms with van der Waals surface area (Å²) in [4.78, 5) is 25.8. The first-order valence-electron chi connectivity index (χ1n) is 6.52. The Morgan fingerprint density at radius 2 is 1.68 bits per heavy atom. The monoisotopic (exact) mass is 390 g/mol. The number of carboxylic acids is 1. The maximum Gasteiger partial charge on any atom is 0.434 e. The summed E-state index contributed by atoms with van der Waals surface area (Å²) in [6.45, 7) is 2.78. The highest BCUT2D eigenvalue weighted by atomic mass is 35.5. The molecule has 0 saturated carbocycles. The van der Waals surface area contributed by atoms with Crippen molar-refractivity contribution in [3.05, 3.63) is 22.5 Å². The molecule has 0 aliphatic carbocycles. The number of carbonyl (C=O) groups excluding carboxylic acids is 1. The number of aromatic carboxylic acids is 1. The van der Waals surface area contributed by atoms with Crippen LogP contribution in [0, 0.1) is 0 Å². The standard InChI is InChI=1S/C13H12ClF5N2O4/c1-4(2)20-7-5(10(22)23)9(13(17,18)19)21-8(12(14,15)16)6(7)11(24)25-3/h4H,1-3H3,(H,20,21)(H,22,23). The SMILES string of the molecule is COC(=O)c1c(C(F)(F)Cl)nc(C(F)(F)F)c(C(=O)O)c1NC(C)C. The van der Waals surface area contributed by atoms with E-state index in [2.05, 4.69) is 15.0 Å². The van der Waals surface area contributed by atoms with Gasteiger partial charge in [0.15, 0.2) is 5.69 Å². The van der Waals surface area contributed by atoms with Crippen molar-refractivity contribution in [2.75, 3.05) is 12.4 Å². The molecule has 1 aromatic rings. The molecule has 0 aromatic carbocycles. The normalized spacial score (nSPS) is 12.2. The number of hydrogen-bond acceptors (Lipinski definition) is 5. The molecule has 6 nitrogen and oxygen atoms in total. The summed E-state index contributed by atoms with van der Waals surface area (Å²) >= 11 is 4.78. The van der Waals surface area contributed by atoms with Crippen LogP contribution < -0.4 is 5.32 Å². The number of nitrogens with one attached hydrogen (secondary N) is 1. The largest absolute Gasteiger partial charge is 0.478 e. The number of ether oxygens (including phenoxy) is 1. The van der Waals surface area contributed by atoms with E-state index in [-0.39, 0.29) is 0 Å². The average molecular weight is 391 g/mol. The average Bonchev–Trinajstić information content (AvgIpc) is 2.42. The fraction of sp³-hybridized carbons (Fsp3) is 0.462. The van der Waals surface area contributed by atoms with Crippen LogP contribution >= 0.6 is 11.6 Å². The maximum atomic E-state index is 13.6. The molecule has 25 heavy (non-hydrogen) atoms. The second-order valence-corrected chi connectivity index (χ2v) is 5.50. The van der Waals surface area contributed by atoms with E-state index in [9.17, 15) is 31.5 Å². The molecule has 0 bridgehead atoms. The lowest BCUT2D eigenvalue weighted by molar-refractivity contribution is -0.142. The molecule has 1 rings (SSSR count). The van der Waals surface area contributed by atoms with Crippen molar-refractivity contribution in [1.82, 2.24) is 4.98 Å². The molecular formula is C13H12ClF5N2O4. The Hall–Kier alpha value is -2.17. The first kappa shape index (κ1) is 20.9. The van der Waals surface area contributed by atoms with Crippen molar-refractivity contribution in [3.8, 4) is 0 Å². The molecule has 0 aliphatic heterocycles. The first-order valence-corrected chi connectivity index (χ1v) is 6.90. The quantitative estimate of drug-likeness (QED) is 0.453.